The van der Waals surface area contributed by atoms with E-state index in [0.717, 1.165) is 21.7 Å². The van der Waals surface area contributed by atoms with Crippen molar-refractivity contribution in [1.82, 2.24) is 4.90 Å². The summed E-state index contributed by atoms with van der Waals surface area (Å²) in [6.07, 6.45) is 2.16. The predicted molar refractivity (Wildman–Crippen MR) is 99.4 cm³/mol. The number of carbonyl (C=O) groups is 2. The maximum atomic E-state index is 12.7. The zero-order valence-corrected chi connectivity index (χ0v) is 16.5. The van der Waals surface area contributed by atoms with Crippen LogP contribution in [0.25, 0.3) is 0 Å². The molecule has 8 heteroatoms. The van der Waals surface area contributed by atoms with E-state index in [4.69, 9.17) is 4.74 Å². The number of amides is 1. The minimum atomic E-state index is -3.60. The number of hydrogen-bond donors (Lipinski definition) is 0. The Hall–Kier alpha value is -2.09. The van der Waals surface area contributed by atoms with Crippen LogP contribution in [0.5, 0.6) is 0 Å². The number of likely N-dealkylation sites (tertiary alicyclic amines) is 1. The number of aryl methyl sites for hydroxylation is 2. The van der Waals surface area contributed by atoms with Crippen LogP contribution in [0, 0.1) is 19.8 Å². The first kappa shape index (κ1) is 20.2. The molecular formula is C18H26N2O5S. The van der Waals surface area contributed by atoms with Crippen LogP contribution in [0.15, 0.2) is 18.2 Å². The fourth-order valence-corrected chi connectivity index (χ4v) is 4.13. The Morgan fingerprint density at radius 3 is 2.35 bits per heavy atom. The average Bonchev–Trinajstić information content (AvgIpc) is 2.58. The molecule has 144 valence electrons. The summed E-state index contributed by atoms with van der Waals surface area (Å²) in [5, 5.41) is 0. The Morgan fingerprint density at radius 1 is 1.23 bits per heavy atom. The number of rotatable bonds is 5. The van der Waals surface area contributed by atoms with Crippen LogP contribution in [-0.4, -0.2) is 58.2 Å². The average molecular weight is 382 g/mol. The van der Waals surface area contributed by atoms with Crippen molar-refractivity contribution in [2.24, 2.45) is 5.92 Å². The van der Waals surface area contributed by atoms with Crippen molar-refractivity contribution in [1.29, 1.82) is 0 Å². The second-order valence-electron chi connectivity index (χ2n) is 6.74. The number of piperidine rings is 1. The number of methoxy groups -OCH3 is 1. The first-order chi connectivity index (χ1) is 12.1. The van der Waals surface area contributed by atoms with Gasteiger partial charge in [-0.2, -0.15) is 0 Å². The molecule has 0 bridgehead atoms. The molecular weight excluding hydrogens is 356 g/mol. The zero-order valence-electron chi connectivity index (χ0n) is 15.7. The quantitative estimate of drug-likeness (QED) is 0.720. The minimum Gasteiger partial charge on any atom is -0.469 e. The molecule has 1 aromatic carbocycles. The highest BCUT2D eigenvalue weighted by atomic mass is 32.2. The van der Waals surface area contributed by atoms with E-state index in [1.165, 1.54) is 7.11 Å². The Morgan fingerprint density at radius 2 is 1.85 bits per heavy atom. The topological polar surface area (TPSA) is 84.0 Å². The number of ether oxygens (including phenoxy) is 1. The number of carbonyl (C=O) groups excluding carboxylic acids is 2. The van der Waals surface area contributed by atoms with E-state index < -0.39 is 10.0 Å². The molecule has 0 radical (unpaired) electrons. The lowest BCUT2D eigenvalue weighted by atomic mass is 9.97. The summed E-state index contributed by atoms with van der Waals surface area (Å²) in [6.45, 7) is 4.35. The summed E-state index contributed by atoms with van der Waals surface area (Å²) in [4.78, 5) is 25.9. The lowest BCUT2D eigenvalue weighted by molar-refractivity contribution is -0.148. The predicted octanol–water partition coefficient (Wildman–Crippen LogP) is 1.48. The fraction of sp³-hybridized carbons (Fsp3) is 0.556. The summed E-state index contributed by atoms with van der Waals surface area (Å²) in [5.74, 6) is -0.724. The molecule has 1 amide bonds. The Balaban J connectivity index is 2.12. The minimum absolute atomic E-state index is 0.200. The van der Waals surface area contributed by atoms with Gasteiger partial charge >= 0.3 is 5.97 Å². The second-order valence-corrected chi connectivity index (χ2v) is 8.64. The second kappa shape index (κ2) is 8.07. The van der Waals surface area contributed by atoms with E-state index in [1.807, 2.05) is 26.0 Å². The first-order valence-electron chi connectivity index (χ1n) is 8.54. The van der Waals surface area contributed by atoms with Gasteiger partial charge in [0.15, 0.2) is 0 Å². The van der Waals surface area contributed by atoms with Crippen LogP contribution in [0.2, 0.25) is 0 Å². The highest BCUT2D eigenvalue weighted by Gasteiger charge is 2.30. The van der Waals surface area contributed by atoms with Crippen LogP contribution in [-0.2, 0) is 24.3 Å². The molecule has 0 N–H and O–H groups in total. The van der Waals surface area contributed by atoms with E-state index in [9.17, 15) is 18.0 Å². The molecule has 1 aromatic rings. The molecule has 0 spiro atoms. The Labute approximate surface area is 155 Å². The van der Waals surface area contributed by atoms with Crippen LogP contribution >= 0.6 is 0 Å². The van der Waals surface area contributed by atoms with Crippen LogP contribution < -0.4 is 4.31 Å². The van der Waals surface area contributed by atoms with Gasteiger partial charge in [0.2, 0.25) is 15.9 Å². The Bertz CT molecular complexity index is 783. The van der Waals surface area contributed by atoms with Crippen molar-refractivity contribution < 1.29 is 22.7 Å². The van der Waals surface area contributed by atoms with Crippen LogP contribution in [0.3, 0.4) is 0 Å². The van der Waals surface area contributed by atoms with E-state index in [2.05, 4.69) is 0 Å². The van der Waals surface area contributed by atoms with Crippen LogP contribution in [0.4, 0.5) is 5.69 Å². The molecule has 26 heavy (non-hydrogen) atoms. The fourth-order valence-electron chi connectivity index (χ4n) is 3.22. The summed E-state index contributed by atoms with van der Waals surface area (Å²) >= 11 is 0. The van der Waals surface area contributed by atoms with Crippen molar-refractivity contribution in [2.45, 2.75) is 26.7 Å². The van der Waals surface area contributed by atoms with Crippen molar-refractivity contribution in [3.05, 3.63) is 29.3 Å². The van der Waals surface area contributed by atoms with Gasteiger partial charge in [0, 0.05) is 13.1 Å². The lowest BCUT2D eigenvalue weighted by Crippen LogP contribution is -2.46. The van der Waals surface area contributed by atoms with Gasteiger partial charge in [-0.3, -0.25) is 13.9 Å². The zero-order chi connectivity index (χ0) is 19.5. The van der Waals surface area contributed by atoms with E-state index in [0.29, 0.717) is 31.6 Å². The number of benzene rings is 1. The van der Waals surface area contributed by atoms with E-state index >= 15 is 0 Å². The first-order valence-corrected chi connectivity index (χ1v) is 10.4. The summed E-state index contributed by atoms with van der Waals surface area (Å²) in [6, 6.07) is 5.44. The van der Waals surface area contributed by atoms with Gasteiger partial charge in [0.1, 0.15) is 6.54 Å². The van der Waals surface area contributed by atoms with E-state index in [-0.39, 0.29) is 24.3 Å². The normalized spacial score (nSPS) is 15.6. The molecule has 7 nitrogen and oxygen atoms in total. The molecule has 1 heterocycles. The Kier molecular flexibility index (Phi) is 6.28. The van der Waals surface area contributed by atoms with Crippen LogP contribution in [0.1, 0.15) is 24.0 Å². The summed E-state index contributed by atoms with van der Waals surface area (Å²) in [5.41, 5.74) is 2.33. The molecule has 0 aliphatic carbocycles. The highest BCUT2D eigenvalue weighted by molar-refractivity contribution is 7.92. The monoisotopic (exact) mass is 382 g/mol. The third-order valence-corrected chi connectivity index (χ3v) is 5.81. The van der Waals surface area contributed by atoms with Gasteiger partial charge in [0.25, 0.3) is 0 Å². The largest absolute Gasteiger partial charge is 0.469 e. The van der Waals surface area contributed by atoms with Crippen molar-refractivity contribution >= 4 is 27.6 Å². The molecule has 1 fully saturated rings. The van der Waals surface area contributed by atoms with Gasteiger partial charge in [-0.05, 0) is 38.3 Å². The number of anilines is 1. The molecule has 1 saturated heterocycles. The van der Waals surface area contributed by atoms with Crippen molar-refractivity contribution in [2.75, 3.05) is 37.3 Å². The highest BCUT2D eigenvalue weighted by Crippen LogP contribution is 2.24. The molecule has 1 aliphatic rings. The molecule has 1 aliphatic heterocycles. The third-order valence-electron chi connectivity index (χ3n) is 4.68. The number of hydrogen-bond acceptors (Lipinski definition) is 5. The molecule has 0 aromatic heterocycles. The molecule has 0 atom stereocenters. The van der Waals surface area contributed by atoms with Crippen molar-refractivity contribution in [3.8, 4) is 0 Å². The maximum Gasteiger partial charge on any atom is 0.308 e. The van der Waals surface area contributed by atoms with Gasteiger partial charge in [-0.1, -0.05) is 17.7 Å². The van der Waals surface area contributed by atoms with Gasteiger partial charge < -0.3 is 9.64 Å². The molecule has 0 saturated carbocycles. The summed E-state index contributed by atoms with van der Waals surface area (Å²) in [7, 11) is -2.25. The SMILES string of the molecule is COC(=O)C1CCN(C(=O)CN(c2ccc(C)cc2C)S(C)(=O)=O)CC1. The number of esters is 1. The smallest absolute Gasteiger partial charge is 0.308 e. The molecule has 2 rings (SSSR count). The van der Waals surface area contributed by atoms with Gasteiger partial charge in [-0.15, -0.1) is 0 Å². The van der Waals surface area contributed by atoms with Crippen molar-refractivity contribution in [3.63, 3.8) is 0 Å². The lowest BCUT2D eigenvalue weighted by Gasteiger charge is -2.33. The van der Waals surface area contributed by atoms with Gasteiger partial charge in [0.05, 0.1) is 25.0 Å². The third kappa shape index (κ3) is 4.75. The van der Waals surface area contributed by atoms with Gasteiger partial charge in [-0.25, -0.2) is 8.42 Å². The standard InChI is InChI=1S/C18H26N2O5S/c1-13-5-6-16(14(2)11-13)20(26(4,23)24)12-17(21)19-9-7-15(8-10-19)18(22)25-3/h5-6,11,15H,7-10,12H2,1-4H3. The van der Waals surface area contributed by atoms with E-state index in [1.54, 1.807) is 11.0 Å². The number of nitrogens with zero attached hydrogens (tertiary/aromatic N) is 2. The summed E-state index contributed by atoms with van der Waals surface area (Å²) < 4.78 is 30.4. The maximum absolute atomic E-state index is 12.7. The number of sulfonamides is 1. The molecule has 0 unspecified atom stereocenters.